The van der Waals surface area contributed by atoms with Gasteiger partial charge in [-0.2, -0.15) is 8.78 Å². The summed E-state index contributed by atoms with van der Waals surface area (Å²) in [7, 11) is 0. The number of fused-ring (bicyclic) bond motifs is 1. The van der Waals surface area contributed by atoms with E-state index in [0.717, 1.165) is 18.1 Å². The lowest BCUT2D eigenvalue weighted by Crippen LogP contribution is -2.25. The maximum atomic E-state index is 12.6. The number of hydrogen-bond acceptors (Lipinski definition) is 1. The highest BCUT2D eigenvalue weighted by Gasteiger charge is 2.31. The lowest BCUT2D eigenvalue weighted by atomic mass is 10.1. The highest BCUT2D eigenvalue weighted by molar-refractivity contribution is 5.32. The maximum absolute atomic E-state index is 12.6. The van der Waals surface area contributed by atoms with Crippen LogP contribution in [-0.4, -0.2) is 12.2 Å². The fraction of sp³-hybridized carbons (Fsp3) is 0.455. The van der Waals surface area contributed by atoms with E-state index in [1.807, 2.05) is 24.3 Å². The van der Waals surface area contributed by atoms with Crippen LogP contribution in [0, 0.1) is 0 Å². The Morgan fingerprint density at radius 1 is 1.21 bits per heavy atom. The normalized spacial score (nSPS) is 17.1. The van der Waals surface area contributed by atoms with Crippen molar-refractivity contribution in [1.29, 1.82) is 0 Å². The van der Waals surface area contributed by atoms with Gasteiger partial charge in [-0.3, -0.25) is 0 Å². The third kappa shape index (κ3) is 2.10. The molecule has 76 valence electrons. The largest absolute Gasteiger partial charge is 0.353 e. The van der Waals surface area contributed by atoms with E-state index >= 15 is 0 Å². The molecule has 3 heteroatoms. The maximum Gasteiger partial charge on any atom is 0.353 e. The summed E-state index contributed by atoms with van der Waals surface area (Å²) in [6, 6.07) is 7.77. The van der Waals surface area contributed by atoms with E-state index in [-0.39, 0.29) is 6.10 Å². The van der Waals surface area contributed by atoms with E-state index in [2.05, 4.69) is 4.74 Å². The third-order valence-electron chi connectivity index (χ3n) is 2.39. The summed E-state index contributed by atoms with van der Waals surface area (Å²) < 4.78 is 29.8. The smallest absolute Gasteiger partial charge is 0.317 e. The molecule has 1 aromatic carbocycles. The Balaban J connectivity index is 2.05. The van der Waals surface area contributed by atoms with E-state index in [0.29, 0.717) is 12.8 Å². The molecule has 14 heavy (non-hydrogen) atoms. The molecule has 0 saturated carbocycles. The molecular weight excluding hydrogens is 186 g/mol. The van der Waals surface area contributed by atoms with Crippen molar-refractivity contribution >= 4 is 0 Å². The summed E-state index contributed by atoms with van der Waals surface area (Å²) in [5.41, 5.74) is 2.25. The molecule has 0 amide bonds. The van der Waals surface area contributed by atoms with Crippen LogP contribution in [0.25, 0.3) is 0 Å². The summed E-state index contributed by atoms with van der Waals surface area (Å²) >= 11 is 0. The van der Waals surface area contributed by atoms with Crippen LogP contribution in [0.3, 0.4) is 0 Å². The Kier molecular flexibility index (Phi) is 2.27. The first-order chi connectivity index (χ1) is 6.54. The average molecular weight is 198 g/mol. The van der Waals surface area contributed by atoms with Gasteiger partial charge in [-0.05, 0) is 24.0 Å². The van der Waals surface area contributed by atoms with Gasteiger partial charge in [0, 0.05) is 6.92 Å². The zero-order valence-corrected chi connectivity index (χ0v) is 7.97. The van der Waals surface area contributed by atoms with Crippen molar-refractivity contribution in [3.63, 3.8) is 0 Å². The molecule has 0 aromatic heterocycles. The molecule has 0 fully saturated rings. The van der Waals surface area contributed by atoms with Gasteiger partial charge < -0.3 is 4.74 Å². The minimum atomic E-state index is -3.02. The molecular formula is C11H12F2O. The minimum absolute atomic E-state index is 0.368. The second-order valence-corrected chi connectivity index (χ2v) is 3.72. The predicted octanol–water partition coefficient (Wildman–Crippen LogP) is 2.78. The monoisotopic (exact) mass is 198 g/mol. The van der Waals surface area contributed by atoms with Crippen LogP contribution < -0.4 is 0 Å². The van der Waals surface area contributed by atoms with E-state index in [1.165, 1.54) is 0 Å². The molecule has 2 rings (SSSR count). The standard InChI is InChI=1S/C11H12F2O/c1-11(12,13)14-10-6-8-4-2-3-5-9(8)7-10/h2-5,10H,6-7H2,1H3. The van der Waals surface area contributed by atoms with Gasteiger partial charge in [0.2, 0.25) is 0 Å². The van der Waals surface area contributed by atoms with Crippen molar-refractivity contribution < 1.29 is 13.5 Å². The first kappa shape index (κ1) is 9.59. The van der Waals surface area contributed by atoms with Gasteiger partial charge in [0.1, 0.15) is 0 Å². The Bertz CT molecular complexity index is 305. The van der Waals surface area contributed by atoms with Gasteiger partial charge in [0.05, 0.1) is 6.10 Å². The van der Waals surface area contributed by atoms with Crippen molar-refractivity contribution in [3.8, 4) is 0 Å². The molecule has 0 N–H and O–H groups in total. The molecule has 0 radical (unpaired) electrons. The molecule has 0 bridgehead atoms. The number of ether oxygens (including phenoxy) is 1. The van der Waals surface area contributed by atoms with Gasteiger partial charge in [-0.15, -0.1) is 0 Å². The summed E-state index contributed by atoms with van der Waals surface area (Å²) in [5, 5.41) is 0. The highest BCUT2D eigenvalue weighted by atomic mass is 19.3. The molecule has 0 aliphatic heterocycles. The first-order valence-corrected chi connectivity index (χ1v) is 4.67. The minimum Gasteiger partial charge on any atom is -0.317 e. The number of hydrogen-bond donors (Lipinski definition) is 0. The zero-order chi connectivity index (χ0) is 10.2. The van der Waals surface area contributed by atoms with Crippen LogP contribution >= 0.6 is 0 Å². The topological polar surface area (TPSA) is 9.23 Å². The Hall–Kier alpha value is -0.960. The van der Waals surface area contributed by atoms with Crippen LogP contribution in [0.15, 0.2) is 24.3 Å². The van der Waals surface area contributed by atoms with Gasteiger partial charge in [-0.25, -0.2) is 0 Å². The van der Waals surface area contributed by atoms with E-state index in [1.54, 1.807) is 0 Å². The van der Waals surface area contributed by atoms with Gasteiger partial charge in [-0.1, -0.05) is 24.3 Å². The fourth-order valence-electron chi connectivity index (χ4n) is 1.89. The quantitative estimate of drug-likeness (QED) is 0.710. The van der Waals surface area contributed by atoms with Gasteiger partial charge in [0.15, 0.2) is 0 Å². The lowest BCUT2D eigenvalue weighted by Gasteiger charge is -2.16. The first-order valence-electron chi connectivity index (χ1n) is 4.67. The fourth-order valence-corrected chi connectivity index (χ4v) is 1.89. The number of halogens is 2. The van der Waals surface area contributed by atoms with Gasteiger partial charge in [0.25, 0.3) is 0 Å². The van der Waals surface area contributed by atoms with E-state index < -0.39 is 6.11 Å². The summed E-state index contributed by atoms with van der Waals surface area (Å²) in [4.78, 5) is 0. The number of rotatable bonds is 2. The Morgan fingerprint density at radius 2 is 1.71 bits per heavy atom. The SMILES string of the molecule is CC(F)(F)OC1Cc2ccccc2C1. The number of benzene rings is 1. The molecule has 1 aliphatic carbocycles. The molecule has 1 aliphatic rings. The van der Waals surface area contributed by atoms with Crippen molar-refractivity contribution in [3.05, 3.63) is 35.4 Å². The summed E-state index contributed by atoms with van der Waals surface area (Å²) in [5.74, 6) is 0. The van der Waals surface area contributed by atoms with Crippen LogP contribution in [0.5, 0.6) is 0 Å². The van der Waals surface area contributed by atoms with Crippen molar-refractivity contribution in [1.82, 2.24) is 0 Å². The lowest BCUT2D eigenvalue weighted by molar-refractivity contribution is -0.247. The second-order valence-electron chi connectivity index (χ2n) is 3.72. The van der Waals surface area contributed by atoms with Crippen LogP contribution in [0.1, 0.15) is 18.1 Å². The van der Waals surface area contributed by atoms with Crippen molar-refractivity contribution in [2.45, 2.75) is 32.0 Å². The van der Waals surface area contributed by atoms with Crippen molar-refractivity contribution in [2.24, 2.45) is 0 Å². The highest BCUT2D eigenvalue weighted by Crippen LogP contribution is 2.27. The zero-order valence-electron chi connectivity index (χ0n) is 7.97. The molecule has 1 aromatic rings. The van der Waals surface area contributed by atoms with Gasteiger partial charge >= 0.3 is 6.11 Å². The van der Waals surface area contributed by atoms with Crippen LogP contribution in [0.4, 0.5) is 8.78 Å². The Morgan fingerprint density at radius 3 is 2.14 bits per heavy atom. The molecule has 0 saturated heterocycles. The molecule has 0 unspecified atom stereocenters. The Labute approximate surface area is 81.7 Å². The second kappa shape index (κ2) is 3.31. The molecule has 1 nitrogen and oxygen atoms in total. The van der Waals surface area contributed by atoms with E-state index in [4.69, 9.17) is 0 Å². The average Bonchev–Trinajstić information content (AvgIpc) is 2.42. The van der Waals surface area contributed by atoms with Crippen molar-refractivity contribution in [2.75, 3.05) is 0 Å². The van der Waals surface area contributed by atoms with Crippen LogP contribution in [-0.2, 0) is 17.6 Å². The predicted molar refractivity (Wildman–Crippen MR) is 49.3 cm³/mol. The molecule has 0 spiro atoms. The third-order valence-corrected chi connectivity index (χ3v) is 2.39. The molecule has 0 heterocycles. The van der Waals surface area contributed by atoms with E-state index in [9.17, 15) is 8.78 Å². The van der Waals surface area contributed by atoms with Crippen LogP contribution in [0.2, 0.25) is 0 Å². The summed E-state index contributed by atoms with van der Waals surface area (Å²) in [6.07, 6.45) is -2.20. The molecule has 0 atom stereocenters. The number of alkyl halides is 2. The summed E-state index contributed by atoms with van der Waals surface area (Å²) in [6.45, 7) is 0.788.